The van der Waals surface area contributed by atoms with E-state index in [9.17, 15) is 22.4 Å². The summed E-state index contributed by atoms with van der Waals surface area (Å²) in [6.07, 6.45) is 0.455. The van der Waals surface area contributed by atoms with Gasteiger partial charge in [-0.2, -0.15) is 4.31 Å². The summed E-state index contributed by atoms with van der Waals surface area (Å²) in [5.74, 6) is -0.281. The normalized spacial score (nSPS) is 15.4. The fourth-order valence-corrected chi connectivity index (χ4v) is 6.26. The molecule has 0 aliphatic carbocycles. The predicted octanol–water partition coefficient (Wildman–Crippen LogP) is 2.21. The zero-order valence-corrected chi connectivity index (χ0v) is 19.4. The molecule has 0 unspecified atom stereocenters. The van der Waals surface area contributed by atoms with E-state index in [2.05, 4.69) is 9.97 Å². The lowest BCUT2D eigenvalue weighted by Gasteiger charge is -2.34. The van der Waals surface area contributed by atoms with Gasteiger partial charge < -0.3 is 9.88 Å². The number of carbonyl (C=O) groups is 1. The third-order valence-corrected chi connectivity index (χ3v) is 8.68. The standard InChI is InChI=1S/C21H23FN4O4S2/c1-13-14(2)31-21-19(13)20(28)23-17(24-21)6-7-18(27)25-8-10-26(11-9-25)32(29,30)16-5-3-4-15(22)12-16/h3-5,12H,6-11H2,1-2H3,(H,23,24,28). The highest BCUT2D eigenvalue weighted by Gasteiger charge is 2.30. The molecule has 1 amide bonds. The van der Waals surface area contributed by atoms with Gasteiger partial charge in [-0.15, -0.1) is 11.3 Å². The summed E-state index contributed by atoms with van der Waals surface area (Å²) in [5.41, 5.74) is 0.725. The van der Waals surface area contributed by atoms with Crippen molar-refractivity contribution in [3.05, 3.63) is 56.7 Å². The number of thiophene rings is 1. The van der Waals surface area contributed by atoms with Gasteiger partial charge in [0.05, 0.1) is 10.3 Å². The molecule has 0 atom stereocenters. The van der Waals surface area contributed by atoms with Crippen molar-refractivity contribution in [3.63, 3.8) is 0 Å². The number of hydrogen-bond acceptors (Lipinski definition) is 6. The average Bonchev–Trinajstić information content (AvgIpc) is 3.06. The Labute approximate surface area is 188 Å². The van der Waals surface area contributed by atoms with Crippen LogP contribution in [0.4, 0.5) is 4.39 Å². The molecule has 0 saturated carbocycles. The van der Waals surface area contributed by atoms with Crippen molar-refractivity contribution in [2.24, 2.45) is 0 Å². The quantitative estimate of drug-likeness (QED) is 0.606. The minimum atomic E-state index is -3.81. The summed E-state index contributed by atoms with van der Waals surface area (Å²) >= 11 is 1.46. The van der Waals surface area contributed by atoms with Gasteiger partial charge in [0.1, 0.15) is 16.5 Å². The van der Waals surface area contributed by atoms with Gasteiger partial charge in [0.25, 0.3) is 5.56 Å². The first kappa shape index (κ1) is 22.6. The molecule has 8 nitrogen and oxygen atoms in total. The first-order valence-corrected chi connectivity index (χ1v) is 12.4. The molecule has 1 N–H and O–H groups in total. The lowest BCUT2D eigenvalue weighted by Crippen LogP contribution is -2.50. The molecule has 0 radical (unpaired) electrons. The number of sulfonamides is 1. The van der Waals surface area contributed by atoms with Crippen LogP contribution in [0.1, 0.15) is 22.7 Å². The lowest BCUT2D eigenvalue weighted by molar-refractivity contribution is -0.132. The van der Waals surface area contributed by atoms with E-state index < -0.39 is 15.8 Å². The highest BCUT2D eigenvalue weighted by molar-refractivity contribution is 7.89. The van der Waals surface area contributed by atoms with Crippen LogP contribution in [-0.4, -0.2) is 59.7 Å². The Morgan fingerprint density at radius 2 is 1.94 bits per heavy atom. The number of hydrogen-bond donors (Lipinski definition) is 1. The molecular formula is C21H23FN4O4S2. The monoisotopic (exact) mass is 478 g/mol. The zero-order chi connectivity index (χ0) is 23.0. The first-order valence-electron chi connectivity index (χ1n) is 10.2. The number of fused-ring (bicyclic) bond motifs is 1. The summed E-state index contributed by atoms with van der Waals surface area (Å²) in [7, 11) is -3.81. The third-order valence-electron chi connectivity index (χ3n) is 5.69. The number of aryl methyl sites for hydroxylation is 3. The molecule has 3 heterocycles. The minimum Gasteiger partial charge on any atom is -0.340 e. The Hall–Kier alpha value is -2.63. The van der Waals surface area contributed by atoms with Gasteiger partial charge in [-0.25, -0.2) is 17.8 Å². The molecule has 2 aromatic heterocycles. The van der Waals surface area contributed by atoms with Gasteiger partial charge in [-0.1, -0.05) is 6.07 Å². The molecule has 170 valence electrons. The van der Waals surface area contributed by atoms with Crippen LogP contribution in [0, 0.1) is 19.7 Å². The van der Waals surface area contributed by atoms with Gasteiger partial charge in [-0.3, -0.25) is 9.59 Å². The fourth-order valence-electron chi connectivity index (χ4n) is 3.76. The SMILES string of the molecule is Cc1sc2nc(CCC(=O)N3CCN(S(=O)(=O)c4cccc(F)c4)CC3)[nH]c(=O)c2c1C. The van der Waals surface area contributed by atoms with E-state index in [0.29, 0.717) is 22.5 Å². The summed E-state index contributed by atoms with van der Waals surface area (Å²) in [4.78, 5) is 35.5. The van der Waals surface area contributed by atoms with Crippen LogP contribution >= 0.6 is 11.3 Å². The molecule has 3 aromatic rings. The minimum absolute atomic E-state index is 0.0956. The van der Waals surface area contributed by atoms with E-state index in [4.69, 9.17) is 0 Å². The second kappa shape index (κ2) is 8.72. The van der Waals surface area contributed by atoms with Gasteiger partial charge in [0.2, 0.25) is 15.9 Å². The van der Waals surface area contributed by atoms with Gasteiger partial charge in [0, 0.05) is 43.9 Å². The molecule has 1 aliphatic rings. The number of halogens is 1. The number of aromatic nitrogens is 2. The van der Waals surface area contributed by atoms with Gasteiger partial charge in [-0.05, 0) is 37.6 Å². The smallest absolute Gasteiger partial charge is 0.259 e. The maximum Gasteiger partial charge on any atom is 0.259 e. The summed E-state index contributed by atoms with van der Waals surface area (Å²) in [6, 6.07) is 4.90. The molecule has 4 rings (SSSR count). The van der Waals surface area contributed by atoms with Crippen LogP contribution < -0.4 is 5.56 Å². The average molecular weight is 479 g/mol. The van der Waals surface area contributed by atoms with Gasteiger partial charge >= 0.3 is 0 Å². The van der Waals surface area contributed by atoms with Crippen molar-refractivity contribution in [2.75, 3.05) is 26.2 Å². The number of amides is 1. The number of carbonyl (C=O) groups excluding carboxylic acids is 1. The number of rotatable bonds is 5. The Kier molecular flexibility index (Phi) is 6.15. The van der Waals surface area contributed by atoms with Crippen LogP contribution in [0.5, 0.6) is 0 Å². The van der Waals surface area contributed by atoms with Crippen molar-refractivity contribution >= 4 is 37.5 Å². The Morgan fingerprint density at radius 1 is 1.22 bits per heavy atom. The predicted molar refractivity (Wildman–Crippen MR) is 120 cm³/mol. The number of H-pyrrole nitrogens is 1. The number of piperazine rings is 1. The van der Waals surface area contributed by atoms with E-state index in [1.165, 1.54) is 33.8 Å². The van der Waals surface area contributed by atoms with Crippen LogP contribution in [-0.2, 0) is 21.2 Å². The Morgan fingerprint density at radius 3 is 2.62 bits per heavy atom. The lowest BCUT2D eigenvalue weighted by atomic mass is 10.2. The summed E-state index contributed by atoms with van der Waals surface area (Å²) < 4.78 is 40.1. The molecule has 0 spiro atoms. The molecular weight excluding hydrogens is 455 g/mol. The molecule has 0 bridgehead atoms. The van der Waals surface area contributed by atoms with Gasteiger partial charge in [0.15, 0.2) is 0 Å². The van der Waals surface area contributed by atoms with Crippen LogP contribution in [0.25, 0.3) is 10.2 Å². The molecule has 32 heavy (non-hydrogen) atoms. The second-order valence-corrected chi connectivity index (χ2v) is 10.9. The van der Waals surface area contributed by atoms with Crippen molar-refractivity contribution in [1.29, 1.82) is 0 Å². The molecule has 1 aliphatic heterocycles. The van der Waals surface area contributed by atoms with Crippen molar-refractivity contribution in [3.8, 4) is 0 Å². The van der Waals surface area contributed by atoms with Crippen LogP contribution in [0.3, 0.4) is 0 Å². The maximum atomic E-state index is 13.4. The second-order valence-electron chi connectivity index (χ2n) is 7.72. The zero-order valence-electron chi connectivity index (χ0n) is 17.7. The number of aromatic amines is 1. The summed E-state index contributed by atoms with van der Waals surface area (Å²) in [6.45, 7) is 4.61. The van der Waals surface area contributed by atoms with E-state index in [1.807, 2.05) is 13.8 Å². The number of benzene rings is 1. The van der Waals surface area contributed by atoms with Crippen molar-refractivity contribution < 1.29 is 17.6 Å². The van der Waals surface area contributed by atoms with Crippen molar-refractivity contribution in [1.82, 2.24) is 19.2 Å². The Bertz CT molecular complexity index is 1340. The molecule has 1 saturated heterocycles. The molecule has 1 aromatic carbocycles. The Balaban J connectivity index is 1.37. The molecule has 11 heteroatoms. The van der Waals surface area contributed by atoms with E-state index in [-0.39, 0.29) is 49.0 Å². The van der Waals surface area contributed by atoms with E-state index >= 15 is 0 Å². The van der Waals surface area contributed by atoms with E-state index in [1.54, 1.807) is 4.90 Å². The maximum absolute atomic E-state index is 13.4. The largest absolute Gasteiger partial charge is 0.340 e. The highest BCUT2D eigenvalue weighted by Crippen LogP contribution is 2.26. The van der Waals surface area contributed by atoms with Crippen LogP contribution in [0.2, 0.25) is 0 Å². The third kappa shape index (κ3) is 4.32. The van der Waals surface area contributed by atoms with Crippen molar-refractivity contribution in [2.45, 2.75) is 31.6 Å². The van der Waals surface area contributed by atoms with Crippen LogP contribution in [0.15, 0.2) is 34.0 Å². The number of nitrogens with one attached hydrogen (secondary N) is 1. The summed E-state index contributed by atoms with van der Waals surface area (Å²) in [5, 5.41) is 0.596. The fraction of sp³-hybridized carbons (Fsp3) is 0.381. The highest BCUT2D eigenvalue weighted by atomic mass is 32.2. The molecule has 1 fully saturated rings. The first-order chi connectivity index (χ1) is 15.2. The topological polar surface area (TPSA) is 103 Å². The van der Waals surface area contributed by atoms with E-state index in [0.717, 1.165) is 16.5 Å². The number of nitrogens with zero attached hydrogens (tertiary/aromatic N) is 3.